The molecule has 1 aromatic carbocycles. The minimum atomic E-state index is -0.554. The van der Waals surface area contributed by atoms with Gasteiger partial charge in [-0.2, -0.15) is 0 Å². The monoisotopic (exact) mass is 343 g/mol. The van der Waals surface area contributed by atoms with Gasteiger partial charge in [-0.3, -0.25) is 14.9 Å². The number of nitrogens with zero attached hydrogens (tertiary/aromatic N) is 1. The molecule has 1 aromatic rings. The number of carbonyl (C=O) groups is 1. The number of carbonyl (C=O) groups excluding carboxylic acids is 1. The van der Waals surface area contributed by atoms with E-state index in [-0.39, 0.29) is 40.7 Å². The van der Waals surface area contributed by atoms with E-state index in [1.165, 1.54) is 25.3 Å². The van der Waals surface area contributed by atoms with Crippen LogP contribution in [0.3, 0.4) is 0 Å². The quantitative estimate of drug-likeness (QED) is 0.631. The van der Waals surface area contributed by atoms with Crippen LogP contribution < -0.4 is 15.4 Å². The van der Waals surface area contributed by atoms with Gasteiger partial charge in [-0.05, 0) is 36.9 Å². The van der Waals surface area contributed by atoms with Gasteiger partial charge in [0, 0.05) is 24.7 Å². The Labute approximate surface area is 141 Å². The van der Waals surface area contributed by atoms with Crippen LogP contribution in [0.4, 0.5) is 5.69 Å². The molecule has 128 valence electrons. The summed E-state index contributed by atoms with van der Waals surface area (Å²) >= 11 is 0. The van der Waals surface area contributed by atoms with Crippen molar-refractivity contribution >= 4 is 24.0 Å². The van der Waals surface area contributed by atoms with E-state index in [1.807, 2.05) is 0 Å². The molecule has 0 saturated carbocycles. The van der Waals surface area contributed by atoms with Gasteiger partial charge in [0.15, 0.2) is 5.75 Å². The third-order valence-electron chi connectivity index (χ3n) is 4.00. The number of methoxy groups -OCH3 is 1. The molecule has 1 heterocycles. The van der Waals surface area contributed by atoms with Crippen molar-refractivity contribution < 1.29 is 14.5 Å². The number of rotatable bonds is 5. The molecular formula is C15H22ClN3O4. The highest BCUT2D eigenvalue weighted by atomic mass is 35.5. The highest BCUT2D eigenvalue weighted by molar-refractivity contribution is 5.95. The summed E-state index contributed by atoms with van der Waals surface area (Å²) in [5, 5.41) is 17.2. The first-order valence-electron chi connectivity index (χ1n) is 7.26. The van der Waals surface area contributed by atoms with Crippen molar-refractivity contribution in [3.05, 3.63) is 33.9 Å². The van der Waals surface area contributed by atoms with Gasteiger partial charge in [0.1, 0.15) is 0 Å². The predicted molar refractivity (Wildman–Crippen MR) is 89.4 cm³/mol. The van der Waals surface area contributed by atoms with E-state index in [4.69, 9.17) is 4.74 Å². The van der Waals surface area contributed by atoms with Gasteiger partial charge in [-0.15, -0.1) is 12.4 Å². The summed E-state index contributed by atoms with van der Waals surface area (Å²) < 4.78 is 4.93. The Morgan fingerprint density at radius 3 is 2.83 bits per heavy atom. The van der Waals surface area contributed by atoms with Crippen molar-refractivity contribution in [2.75, 3.05) is 26.7 Å². The first-order chi connectivity index (χ1) is 10.4. The number of halogens is 1. The molecule has 2 rings (SSSR count). The highest BCUT2D eigenvalue weighted by Gasteiger charge is 2.27. The third-order valence-corrected chi connectivity index (χ3v) is 4.00. The van der Waals surface area contributed by atoms with E-state index in [0.717, 1.165) is 25.9 Å². The van der Waals surface area contributed by atoms with E-state index in [2.05, 4.69) is 17.6 Å². The van der Waals surface area contributed by atoms with Crippen LogP contribution >= 0.6 is 12.4 Å². The van der Waals surface area contributed by atoms with Crippen LogP contribution in [0, 0.1) is 15.5 Å². The molecule has 0 aliphatic carbocycles. The standard InChI is InChI=1S/C15H21N3O4.ClH/c1-15(6-3-7-16-9-15)10-17-14(19)11-4-5-13(22-2)12(8-11)18(20)21;/h4-5,8,16H,3,6-7,9-10H2,1-2H3,(H,17,19);1H. The summed E-state index contributed by atoms with van der Waals surface area (Å²) in [6.45, 7) is 4.53. The van der Waals surface area contributed by atoms with Gasteiger partial charge in [0.25, 0.3) is 5.91 Å². The van der Waals surface area contributed by atoms with E-state index in [9.17, 15) is 14.9 Å². The number of hydrogen-bond donors (Lipinski definition) is 2. The predicted octanol–water partition coefficient (Wildman–Crippen LogP) is 2.14. The Bertz CT molecular complexity index is 574. The smallest absolute Gasteiger partial charge is 0.311 e. The van der Waals surface area contributed by atoms with Gasteiger partial charge in [0.2, 0.25) is 0 Å². The van der Waals surface area contributed by atoms with Crippen LogP contribution in [-0.4, -0.2) is 37.6 Å². The lowest BCUT2D eigenvalue weighted by Gasteiger charge is -2.34. The molecule has 1 fully saturated rings. The molecular weight excluding hydrogens is 322 g/mol. The van der Waals surface area contributed by atoms with Crippen molar-refractivity contribution in [1.29, 1.82) is 0 Å². The Hall–Kier alpha value is -1.86. The highest BCUT2D eigenvalue weighted by Crippen LogP contribution is 2.28. The maximum absolute atomic E-state index is 12.2. The number of ether oxygens (including phenoxy) is 1. The first-order valence-corrected chi connectivity index (χ1v) is 7.26. The van der Waals surface area contributed by atoms with Crippen LogP contribution in [0.25, 0.3) is 0 Å². The molecule has 0 spiro atoms. The van der Waals surface area contributed by atoms with Crippen LogP contribution in [0.1, 0.15) is 30.1 Å². The topological polar surface area (TPSA) is 93.5 Å². The zero-order chi connectivity index (χ0) is 16.2. The molecule has 8 heteroatoms. The summed E-state index contributed by atoms with van der Waals surface area (Å²) in [4.78, 5) is 22.7. The fourth-order valence-corrected chi connectivity index (χ4v) is 2.64. The lowest BCUT2D eigenvalue weighted by molar-refractivity contribution is -0.385. The fraction of sp³-hybridized carbons (Fsp3) is 0.533. The first kappa shape index (κ1) is 19.2. The van der Waals surface area contributed by atoms with E-state index in [0.29, 0.717) is 6.54 Å². The van der Waals surface area contributed by atoms with Gasteiger partial charge in [-0.25, -0.2) is 0 Å². The number of hydrogen-bond acceptors (Lipinski definition) is 5. The summed E-state index contributed by atoms with van der Waals surface area (Å²) in [6, 6.07) is 4.22. The zero-order valence-corrected chi connectivity index (χ0v) is 14.1. The van der Waals surface area contributed by atoms with Crippen molar-refractivity contribution in [2.24, 2.45) is 5.41 Å². The normalized spacial score (nSPS) is 20.3. The van der Waals surface area contributed by atoms with Gasteiger partial charge in [0.05, 0.1) is 12.0 Å². The summed E-state index contributed by atoms with van der Waals surface area (Å²) in [6.07, 6.45) is 2.13. The molecule has 23 heavy (non-hydrogen) atoms. The summed E-state index contributed by atoms with van der Waals surface area (Å²) in [5.74, 6) is -0.164. The maximum Gasteiger partial charge on any atom is 0.311 e. The minimum Gasteiger partial charge on any atom is -0.490 e. The van der Waals surface area contributed by atoms with E-state index < -0.39 is 4.92 Å². The van der Waals surface area contributed by atoms with Gasteiger partial charge in [-0.1, -0.05) is 6.92 Å². The van der Waals surface area contributed by atoms with E-state index in [1.54, 1.807) is 0 Å². The van der Waals surface area contributed by atoms with Gasteiger partial charge < -0.3 is 15.4 Å². The van der Waals surface area contributed by atoms with Crippen LogP contribution in [0.15, 0.2) is 18.2 Å². The third kappa shape index (κ3) is 4.80. The average Bonchev–Trinajstić information content (AvgIpc) is 2.52. The Morgan fingerprint density at radius 2 is 2.26 bits per heavy atom. The SMILES string of the molecule is COc1ccc(C(=O)NCC2(C)CCCNC2)cc1[N+](=O)[O-].Cl. The zero-order valence-electron chi connectivity index (χ0n) is 13.3. The lowest BCUT2D eigenvalue weighted by atomic mass is 9.83. The van der Waals surface area contributed by atoms with E-state index >= 15 is 0 Å². The van der Waals surface area contributed by atoms with Crippen molar-refractivity contribution in [3.63, 3.8) is 0 Å². The fourth-order valence-electron chi connectivity index (χ4n) is 2.64. The second kappa shape index (κ2) is 8.12. The van der Waals surface area contributed by atoms with Crippen LogP contribution in [0.5, 0.6) is 5.75 Å². The summed E-state index contributed by atoms with van der Waals surface area (Å²) in [7, 11) is 1.36. The van der Waals surface area contributed by atoms with Crippen molar-refractivity contribution in [3.8, 4) is 5.75 Å². The maximum atomic E-state index is 12.2. The van der Waals surface area contributed by atoms with Crippen molar-refractivity contribution in [2.45, 2.75) is 19.8 Å². The second-order valence-electron chi connectivity index (χ2n) is 5.92. The Balaban J connectivity index is 0.00000264. The lowest BCUT2D eigenvalue weighted by Crippen LogP contribution is -2.45. The molecule has 0 radical (unpaired) electrons. The molecule has 1 aliphatic rings. The Kier molecular flexibility index (Phi) is 6.78. The number of nitro groups is 1. The second-order valence-corrected chi connectivity index (χ2v) is 5.92. The molecule has 1 aliphatic heterocycles. The van der Waals surface area contributed by atoms with Crippen LogP contribution in [-0.2, 0) is 0 Å². The number of nitrogens with one attached hydrogen (secondary N) is 2. The number of nitro benzene ring substituents is 1. The van der Waals surface area contributed by atoms with Gasteiger partial charge >= 0.3 is 5.69 Å². The minimum absolute atomic E-state index is 0. The van der Waals surface area contributed by atoms with Crippen LogP contribution in [0.2, 0.25) is 0 Å². The number of piperidine rings is 1. The molecule has 0 bridgehead atoms. The Morgan fingerprint density at radius 1 is 1.52 bits per heavy atom. The molecule has 2 N–H and O–H groups in total. The molecule has 0 aromatic heterocycles. The molecule has 1 unspecified atom stereocenters. The molecule has 1 saturated heterocycles. The number of benzene rings is 1. The average molecular weight is 344 g/mol. The summed E-state index contributed by atoms with van der Waals surface area (Å²) in [5.41, 5.74) is 0.0762. The largest absolute Gasteiger partial charge is 0.490 e. The number of amides is 1. The molecule has 1 atom stereocenters. The van der Waals surface area contributed by atoms with Crippen molar-refractivity contribution in [1.82, 2.24) is 10.6 Å². The molecule has 7 nitrogen and oxygen atoms in total. The molecule has 1 amide bonds.